The summed E-state index contributed by atoms with van der Waals surface area (Å²) in [5.41, 5.74) is -1.34. The molecule has 0 saturated heterocycles. The Morgan fingerprint density at radius 1 is 0.919 bits per heavy atom. The van der Waals surface area contributed by atoms with Gasteiger partial charge in [0.1, 0.15) is 11.4 Å². The van der Waals surface area contributed by atoms with Crippen LogP contribution in [-0.4, -0.2) is 24.4 Å². The van der Waals surface area contributed by atoms with Gasteiger partial charge >= 0.3 is 18.5 Å². The van der Waals surface area contributed by atoms with Gasteiger partial charge in [0.2, 0.25) is 0 Å². The molecule has 1 N–H and O–H groups in total. The van der Waals surface area contributed by atoms with Gasteiger partial charge in [-0.25, -0.2) is 14.2 Å². The second-order valence-electron chi connectivity index (χ2n) is 7.76. The van der Waals surface area contributed by atoms with Gasteiger partial charge in [0.25, 0.3) is 0 Å². The number of carbonyl (C=O) groups is 1. The van der Waals surface area contributed by atoms with Crippen molar-refractivity contribution in [2.75, 3.05) is 12.4 Å². The summed E-state index contributed by atoms with van der Waals surface area (Å²) in [7, 11) is 1.13. The number of alkyl halides is 6. The quantitative estimate of drug-likeness (QED) is 0.264. The van der Waals surface area contributed by atoms with Gasteiger partial charge in [0.15, 0.2) is 17.3 Å². The van der Waals surface area contributed by atoms with Crippen LogP contribution >= 0.6 is 0 Å². The highest BCUT2D eigenvalue weighted by Crippen LogP contribution is 2.43. The molecule has 2 aromatic carbocycles. The van der Waals surface area contributed by atoms with Crippen LogP contribution < -0.4 is 14.8 Å². The van der Waals surface area contributed by atoms with Gasteiger partial charge in [-0.05, 0) is 62.2 Å². The predicted molar refractivity (Wildman–Crippen MR) is 118 cm³/mol. The summed E-state index contributed by atoms with van der Waals surface area (Å²) in [5, 5.41) is 2.80. The zero-order valence-electron chi connectivity index (χ0n) is 19.7. The number of nitrogens with one attached hydrogen (secondary N) is 1. The first-order chi connectivity index (χ1) is 17.1. The molecule has 3 aromatic rings. The van der Waals surface area contributed by atoms with E-state index in [1.54, 1.807) is 6.92 Å². The van der Waals surface area contributed by atoms with Gasteiger partial charge in [-0.3, -0.25) is 0 Å². The van der Waals surface area contributed by atoms with Crippen LogP contribution in [0.15, 0.2) is 36.5 Å². The van der Waals surface area contributed by atoms with E-state index in [-0.39, 0.29) is 39.7 Å². The van der Waals surface area contributed by atoms with Gasteiger partial charge in [-0.1, -0.05) is 0 Å². The number of anilines is 2. The number of pyridine rings is 1. The van der Waals surface area contributed by atoms with Crippen LogP contribution in [0.4, 0.5) is 42.1 Å². The van der Waals surface area contributed by atoms with Crippen LogP contribution in [0, 0.1) is 26.6 Å². The third-order valence-electron chi connectivity index (χ3n) is 5.24. The number of benzene rings is 2. The van der Waals surface area contributed by atoms with E-state index in [0.717, 1.165) is 32.2 Å². The molecule has 6 nitrogen and oxygen atoms in total. The first kappa shape index (κ1) is 27.6. The molecular formula is C24H19F7N2O4. The molecular weight excluding hydrogens is 513 g/mol. The lowest BCUT2D eigenvalue weighted by Crippen LogP contribution is -2.18. The van der Waals surface area contributed by atoms with Gasteiger partial charge in [0.05, 0.1) is 18.4 Å². The molecule has 0 aliphatic heterocycles. The number of hydrogen-bond donors (Lipinski definition) is 1. The molecule has 0 atom stereocenters. The number of rotatable bonds is 6. The average Bonchev–Trinajstić information content (AvgIpc) is 2.80. The second kappa shape index (κ2) is 10.1. The highest BCUT2D eigenvalue weighted by atomic mass is 19.4. The van der Waals surface area contributed by atoms with Crippen molar-refractivity contribution in [3.8, 4) is 17.2 Å². The number of methoxy groups -OCH3 is 1. The maximum atomic E-state index is 14.5. The molecule has 0 saturated carbocycles. The summed E-state index contributed by atoms with van der Waals surface area (Å²) in [6, 6.07) is 4.67. The van der Waals surface area contributed by atoms with Gasteiger partial charge in [-0.15, -0.1) is 13.2 Å². The topological polar surface area (TPSA) is 69.7 Å². The molecule has 1 heterocycles. The van der Waals surface area contributed by atoms with E-state index in [4.69, 9.17) is 4.74 Å². The minimum absolute atomic E-state index is 0.124. The lowest BCUT2D eigenvalue weighted by atomic mass is 10.0. The molecule has 0 aliphatic carbocycles. The van der Waals surface area contributed by atoms with E-state index in [2.05, 4.69) is 19.8 Å². The Kier molecular flexibility index (Phi) is 7.56. The zero-order chi connectivity index (χ0) is 27.7. The van der Waals surface area contributed by atoms with E-state index in [1.165, 1.54) is 19.2 Å². The summed E-state index contributed by atoms with van der Waals surface area (Å²) in [6.07, 6.45) is -8.57. The molecule has 0 fully saturated rings. The molecule has 0 unspecified atom stereocenters. The van der Waals surface area contributed by atoms with Gasteiger partial charge in [-0.2, -0.15) is 13.2 Å². The van der Waals surface area contributed by atoms with Crippen molar-refractivity contribution < 1.29 is 49.7 Å². The maximum Gasteiger partial charge on any atom is 0.573 e. The molecule has 198 valence electrons. The lowest BCUT2D eigenvalue weighted by Gasteiger charge is -2.21. The number of carbonyl (C=O) groups excluding carboxylic acids is 1. The number of hydrogen-bond acceptors (Lipinski definition) is 6. The van der Waals surface area contributed by atoms with E-state index in [1.807, 2.05) is 0 Å². The third kappa shape index (κ3) is 6.22. The van der Waals surface area contributed by atoms with Crippen LogP contribution in [0.25, 0.3) is 0 Å². The van der Waals surface area contributed by atoms with Crippen LogP contribution in [0.1, 0.15) is 32.7 Å². The Labute approximate surface area is 206 Å². The third-order valence-corrected chi connectivity index (χ3v) is 5.24. The fraction of sp³-hybridized carbons (Fsp3) is 0.250. The normalized spacial score (nSPS) is 11.8. The molecule has 3 rings (SSSR count). The predicted octanol–water partition coefficient (Wildman–Crippen LogP) is 7.39. The number of ether oxygens (including phenoxy) is 3. The summed E-state index contributed by atoms with van der Waals surface area (Å²) < 4.78 is 107. The number of halogens is 7. The minimum atomic E-state index is -5.14. The minimum Gasteiger partial charge on any atom is -0.464 e. The van der Waals surface area contributed by atoms with Crippen molar-refractivity contribution in [1.29, 1.82) is 0 Å². The highest BCUT2D eigenvalue weighted by molar-refractivity contribution is 5.89. The SMILES string of the molecule is COC(=O)c1cc(Nc2c(Oc3ccc(OC(F)(F)F)c(F)c3C)ccc(C(F)(F)F)c2C)c(C)cn1. The fourth-order valence-electron chi connectivity index (χ4n) is 3.32. The summed E-state index contributed by atoms with van der Waals surface area (Å²) in [5.74, 6) is -3.71. The molecule has 0 spiro atoms. The van der Waals surface area contributed by atoms with E-state index in [9.17, 15) is 35.5 Å². The van der Waals surface area contributed by atoms with Crippen LogP contribution in [0.2, 0.25) is 0 Å². The number of esters is 1. The monoisotopic (exact) mass is 532 g/mol. The highest BCUT2D eigenvalue weighted by Gasteiger charge is 2.35. The number of aryl methyl sites for hydroxylation is 1. The molecule has 1 aromatic heterocycles. The van der Waals surface area contributed by atoms with Gasteiger partial charge in [0, 0.05) is 17.4 Å². The van der Waals surface area contributed by atoms with Crippen LogP contribution in [0.5, 0.6) is 17.2 Å². The standard InChI is InChI=1S/C24H19F7N2O4/c1-11-10-32-16(22(34)35-4)9-15(11)33-21-12(2)14(23(26,27)28)5-6-19(21)36-17-7-8-18(20(25)13(17)3)37-24(29,30)31/h5-10H,1-4H3,(H,32,33). The molecule has 0 amide bonds. The van der Waals surface area contributed by atoms with Crippen molar-refractivity contribution in [3.63, 3.8) is 0 Å². The number of nitrogens with zero attached hydrogens (tertiary/aromatic N) is 1. The maximum absolute atomic E-state index is 14.5. The lowest BCUT2D eigenvalue weighted by molar-refractivity contribution is -0.275. The molecule has 37 heavy (non-hydrogen) atoms. The van der Waals surface area contributed by atoms with Crippen molar-refractivity contribution in [2.45, 2.75) is 33.3 Å². The first-order valence-electron chi connectivity index (χ1n) is 10.4. The van der Waals surface area contributed by atoms with E-state index < -0.39 is 35.6 Å². The summed E-state index contributed by atoms with van der Waals surface area (Å²) in [6.45, 7) is 3.87. The van der Waals surface area contributed by atoms with Crippen molar-refractivity contribution in [1.82, 2.24) is 4.98 Å². The van der Waals surface area contributed by atoms with Crippen molar-refractivity contribution in [3.05, 3.63) is 70.3 Å². The Bertz CT molecular complexity index is 1340. The first-order valence-corrected chi connectivity index (χ1v) is 10.4. The van der Waals surface area contributed by atoms with Crippen molar-refractivity contribution in [2.24, 2.45) is 0 Å². The Morgan fingerprint density at radius 2 is 1.54 bits per heavy atom. The molecule has 13 heteroatoms. The van der Waals surface area contributed by atoms with Crippen LogP contribution in [0.3, 0.4) is 0 Å². The average molecular weight is 532 g/mol. The summed E-state index contributed by atoms with van der Waals surface area (Å²) in [4.78, 5) is 15.8. The van der Waals surface area contributed by atoms with Crippen molar-refractivity contribution >= 4 is 17.3 Å². The van der Waals surface area contributed by atoms with E-state index in [0.29, 0.717) is 11.6 Å². The van der Waals surface area contributed by atoms with Gasteiger partial charge < -0.3 is 19.5 Å². The fourth-order valence-corrected chi connectivity index (χ4v) is 3.32. The Hall–Kier alpha value is -4.03. The Balaban J connectivity index is 2.11. The van der Waals surface area contributed by atoms with E-state index >= 15 is 0 Å². The van der Waals surface area contributed by atoms with Crippen LogP contribution in [-0.2, 0) is 10.9 Å². The zero-order valence-corrected chi connectivity index (χ0v) is 19.7. The smallest absolute Gasteiger partial charge is 0.464 e. The largest absolute Gasteiger partial charge is 0.573 e. The molecule has 0 aliphatic rings. The second-order valence-corrected chi connectivity index (χ2v) is 7.76. The number of aromatic nitrogens is 1. The summed E-state index contributed by atoms with van der Waals surface area (Å²) >= 11 is 0. The molecule has 0 radical (unpaired) electrons. The Morgan fingerprint density at radius 3 is 2.14 bits per heavy atom. The molecule has 0 bridgehead atoms.